The molecule has 0 radical (unpaired) electrons. The van der Waals surface area contributed by atoms with Crippen LogP contribution in [0.1, 0.15) is 15.9 Å². The quantitative estimate of drug-likeness (QED) is 0.264. The lowest BCUT2D eigenvalue weighted by Gasteiger charge is -2.10. The van der Waals surface area contributed by atoms with E-state index in [-0.39, 0.29) is 5.56 Å². The molecular formula is C28H21N2O3S+. The molecule has 0 spiro atoms. The lowest BCUT2D eigenvalue weighted by Crippen LogP contribution is -2.29. The number of imidazole rings is 1. The Hall–Kier alpha value is -3.90. The van der Waals surface area contributed by atoms with Gasteiger partial charge in [0, 0.05) is 21.2 Å². The Balaban J connectivity index is 1.69. The maximum absolute atomic E-state index is 13.8. The number of nitrogens with zero attached hydrogens (tertiary/aromatic N) is 2. The molecule has 0 N–H and O–H groups in total. The SMILES string of the molecule is COC(=O)c1ccc2c(c1)n1c(=O)c3cccc4c(Sc5ccc(C)cc5)ccc(c43)c1[n+]2C. The summed E-state index contributed by atoms with van der Waals surface area (Å²) in [6, 6.07) is 23.9. The predicted octanol–water partition coefficient (Wildman–Crippen LogP) is 5.27. The van der Waals surface area contributed by atoms with Crippen LogP contribution in [0.25, 0.3) is 38.2 Å². The van der Waals surface area contributed by atoms with E-state index in [4.69, 9.17) is 4.74 Å². The second-order valence-electron chi connectivity index (χ2n) is 8.47. The number of fused-ring (bicyclic) bond motifs is 4. The Morgan fingerprint density at radius 1 is 0.941 bits per heavy atom. The van der Waals surface area contributed by atoms with E-state index < -0.39 is 5.97 Å². The summed E-state index contributed by atoms with van der Waals surface area (Å²) in [4.78, 5) is 28.2. The molecule has 34 heavy (non-hydrogen) atoms. The lowest BCUT2D eigenvalue weighted by molar-refractivity contribution is -0.617. The molecule has 6 aromatic rings. The number of carbonyl (C=O) groups is 1. The number of hydrogen-bond acceptors (Lipinski definition) is 4. The number of benzene rings is 4. The van der Waals surface area contributed by atoms with Gasteiger partial charge in [-0.25, -0.2) is 14.2 Å². The van der Waals surface area contributed by atoms with Crippen LogP contribution in [0.15, 0.2) is 87.4 Å². The number of esters is 1. The Kier molecular flexibility index (Phi) is 4.61. The first-order valence-electron chi connectivity index (χ1n) is 11.0. The van der Waals surface area contributed by atoms with Gasteiger partial charge in [-0.1, -0.05) is 41.6 Å². The third-order valence-electron chi connectivity index (χ3n) is 6.45. The predicted molar refractivity (Wildman–Crippen MR) is 135 cm³/mol. The van der Waals surface area contributed by atoms with Crippen LogP contribution in [-0.2, 0) is 11.8 Å². The van der Waals surface area contributed by atoms with Crippen LogP contribution in [0.3, 0.4) is 0 Å². The van der Waals surface area contributed by atoms with Gasteiger partial charge in [0.25, 0.3) is 5.65 Å². The van der Waals surface area contributed by atoms with Crippen molar-refractivity contribution in [3.8, 4) is 0 Å². The topological polar surface area (TPSA) is 51.7 Å². The molecular weight excluding hydrogens is 444 g/mol. The number of rotatable bonds is 3. The Labute approximate surface area is 199 Å². The molecule has 4 aromatic carbocycles. The minimum Gasteiger partial charge on any atom is -0.465 e. The van der Waals surface area contributed by atoms with Gasteiger partial charge in [-0.3, -0.25) is 0 Å². The van der Waals surface area contributed by atoms with Crippen molar-refractivity contribution in [2.24, 2.45) is 7.05 Å². The van der Waals surface area contributed by atoms with Gasteiger partial charge in [0.2, 0.25) is 0 Å². The molecule has 0 bridgehead atoms. The van der Waals surface area contributed by atoms with Crippen molar-refractivity contribution in [1.82, 2.24) is 4.40 Å². The maximum Gasteiger partial charge on any atom is 0.347 e. The highest BCUT2D eigenvalue weighted by atomic mass is 32.2. The molecule has 0 aliphatic heterocycles. The van der Waals surface area contributed by atoms with Crippen molar-refractivity contribution in [2.75, 3.05) is 7.11 Å². The average molecular weight is 466 g/mol. The fraction of sp³-hybridized carbons (Fsp3) is 0.107. The molecule has 0 aliphatic rings. The molecule has 166 valence electrons. The van der Waals surface area contributed by atoms with Gasteiger partial charge >= 0.3 is 11.5 Å². The van der Waals surface area contributed by atoms with Crippen molar-refractivity contribution in [2.45, 2.75) is 16.7 Å². The second kappa shape index (κ2) is 7.57. The molecule has 0 unspecified atom stereocenters. The average Bonchev–Trinajstić information content (AvgIpc) is 3.16. The minimum absolute atomic E-state index is 0.0989. The normalized spacial score (nSPS) is 11.7. The van der Waals surface area contributed by atoms with Crippen molar-refractivity contribution in [1.29, 1.82) is 0 Å². The number of aryl methyl sites for hydroxylation is 2. The number of carbonyl (C=O) groups excluding carboxylic acids is 1. The van der Waals surface area contributed by atoms with Crippen LogP contribution in [0.5, 0.6) is 0 Å². The molecule has 6 rings (SSSR count). The van der Waals surface area contributed by atoms with E-state index in [1.54, 1.807) is 28.3 Å². The number of pyridine rings is 1. The van der Waals surface area contributed by atoms with Gasteiger partial charge in [0.1, 0.15) is 0 Å². The molecule has 0 aliphatic carbocycles. The first-order chi connectivity index (χ1) is 16.5. The highest BCUT2D eigenvalue weighted by Gasteiger charge is 2.26. The van der Waals surface area contributed by atoms with Gasteiger partial charge in [-0.05, 0) is 54.8 Å². The highest BCUT2D eigenvalue weighted by Crippen LogP contribution is 2.38. The summed E-state index contributed by atoms with van der Waals surface area (Å²) >= 11 is 1.70. The summed E-state index contributed by atoms with van der Waals surface area (Å²) < 4.78 is 8.63. The zero-order chi connectivity index (χ0) is 23.6. The van der Waals surface area contributed by atoms with Gasteiger partial charge in [0.15, 0.2) is 11.0 Å². The third-order valence-corrected chi connectivity index (χ3v) is 7.54. The van der Waals surface area contributed by atoms with Gasteiger partial charge in [-0.2, -0.15) is 4.40 Å². The smallest absolute Gasteiger partial charge is 0.347 e. The Morgan fingerprint density at radius 2 is 1.71 bits per heavy atom. The van der Waals surface area contributed by atoms with E-state index in [0.29, 0.717) is 16.5 Å². The van der Waals surface area contributed by atoms with Crippen LogP contribution < -0.4 is 10.1 Å². The van der Waals surface area contributed by atoms with Crippen LogP contribution in [0.4, 0.5) is 0 Å². The third kappa shape index (κ3) is 2.92. The number of hydrogen-bond donors (Lipinski definition) is 0. The van der Waals surface area contributed by atoms with E-state index in [9.17, 15) is 9.59 Å². The van der Waals surface area contributed by atoms with Gasteiger partial charge < -0.3 is 4.74 Å². The van der Waals surface area contributed by atoms with E-state index in [2.05, 4.69) is 49.4 Å². The summed E-state index contributed by atoms with van der Waals surface area (Å²) in [5, 5.41) is 3.67. The van der Waals surface area contributed by atoms with Crippen molar-refractivity contribution in [3.05, 3.63) is 94.3 Å². The maximum atomic E-state index is 13.8. The number of ether oxygens (including phenoxy) is 1. The number of aromatic nitrogens is 2. The summed E-state index contributed by atoms with van der Waals surface area (Å²) in [7, 11) is 3.31. The first kappa shape index (κ1) is 20.7. The molecule has 5 nitrogen and oxygen atoms in total. The summed E-state index contributed by atoms with van der Waals surface area (Å²) in [6.45, 7) is 2.08. The van der Waals surface area contributed by atoms with Crippen LogP contribution in [0.2, 0.25) is 0 Å². The van der Waals surface area contributed by atoms with Crippen molar-refractivity contribution in [3.63, 3.8) is 0 Å². The van der Waals surface area contributed by atoms with E-state index in [0.717, 1.165) is 37.1 Å². The Morgan fingerprint density at radius 3 is 2.47 bits per heavy atom. The zero-order valence-corrected chi connectivity index (χ0v) is 19.8. The number of methoxy groups -OCH3 is 1. The molecule has 0 atom stereocenters. The van der Waals surface area contributed by atoms with Crippen LogP contribution in [0, 0.1) is 6.92 Å². The molecule has 2 heterocycles. The second-order valence-corrected chi connectivity index (χ2v) is 9.59. The molecule has 0 saturated heterocycles. The highest BCUT2D eigenvalue weighted by molar-refractivity contribution is 7.99. The monoisotopic (exact) mass is 465 g/mol. The fourth-order valence-corrected chi connectivity index (χ4v) is 5.75. The van der Waals surface area contributed by atoms with E-state index in [1.165, 1.54) is 12.7 Å². The summed E-state index contributed by atoms with van der Waals surface area (Å²) in [5.74, 6) is -0.427. The van der Waals surface area contributed by atoms with Gasteiger partial charge in [-0.15, -0.1) is 0 Å². The summed E-state index contributed by atoms with van der Waals surface area (Å²) in [6.07, 6.45) is 0. The minimum atomic E-state index is -0.427. The molecule has 0 amide bonds. The standard InChI is InChI=1S/C28H21N2O3S/c1-16-7-10-18(11-8-16)34-24-14-12-20-25-19(24)5-4-6-21(25)27(31)30-23-15-17(28(32)33-3)9-13-22(23)29(2)26(20)30/h4-15H,1-3H3/q+1. The van der Waals surface area contributed by atoms with Crippen LogP contribution >= 0.6 is 11.8 Å². The lowest BCUT2D eigenvalue weighted by atomic mass is 10.0. The van der Waals surface area contributed by atoms with Crippen molar-refractivity contribution < 1.29 is 14.1 Å². The van der Waals surface area contributed by atoms with Crippen LogP contribution in [-0.4, -0.2) is 17.5 Å². The van der Waals surface area contributed by atoms with Gasteiger partial charge in [0.05, 0.1) is 30.5 Å². The van der Waals surface area contributed by atoms with E-state index >= 15 is 0 Å². The summed E-state index contributed by atoms with van der Waals surface area (Å²) in [5.41, 5.74) is 3.90. The van der Waals surface area contributed by atoms with Crippen molar-refractivity contribution >= 4 is 56.0 Å². The molecule has 6 heteroatoms. The fourth-order valence-electron chi connectivity index (χ4n) is 4.80. The Bertz CT molecular complexity index is 1820. The molecule has 0 saturated carbocycles. The first-order valence-corrected chi connectivity index (χ1v) is 11.8. The zero-order valence-electron chi connectivity index (χ0n) is 19.0. The van der Waals surface area contributed by atoms with E-state index in [1.807, 2.05) is 29.8 Å². The largest absolute Gasteiger partial charge is 0.465 e. The molecule has 0 fully saturated rings. The molecule has 2 aromatic heterocycles.